The SMILES string of the molecule is Cc1ccc(-c2nc3scc(C(=O)O)c3c(=O)n2CC(=O)Nc2cc(Cl)ccc2Cl)cc1. The van der Waals surface area contributed by atoms with Crippen molar-refractivity contribution in [3.8, 4) is 11.4 Å². The number of carboxylic acid groups (broad SMARTS) is 1. The van der Waals surface area contributed by atoms with Crippen molar-refractivity contribution < 1.29 is 14.7 Å². The molecule has 0 unspecified atom stereocenters. The molecule has 7 nitrogen and oxygen atoms in total. The number of amides is 1. The standard InChI is InChI=1S/C22H15Cl2N3O4S/c1-11-2-4-12(5-3-11)19-26-20-18(14(10-32-20)22(30)31)21(29)27(19)9-17(28)25-16-8-13(23)6-7-15(16)24/h2-8,10H,9H2,1H3,(H,25,28)(H,30,31). The Kier molecular flexibility index (Phi) is 6.01. The zero-order valence-corrected chi connectivity index (χ0v) is 18.9. The highest BCUT2D eigenvalue weighted by atomic mass is 35.5. The van der Waals surface area contributed by atoms with Crippen LogP contribution in [-0.2, 0) is 11.3 Å². The zero-order chi connectivity index (χ0) is 23.0. The van der Waals surface area contributed by atoms with Gasteiger partial charge in [0.2, 0.25) is 5.91 Å². The number of carboxylic acids is 1. The lowest BCUT2D eigenvalue weighted by Crippen LogP contribution is -2.30. The Morgan fingerprint density at radius 1 is 1.16 bits per heavy atom. The van der Waals surface area contributed by atoms with Gasteiger partial charge in [-0.2, -0.15) is 0 Å². The number of fused-ring (bicyclic) bond motifs is 1. The number of carbonyl (C=O) groups excluding carboxylic acids is 1. The number of aryl methyl sites for hydroxylation is 1. The molecule has 2 heterocycles. The minimum atomic E-state index is -1.24. The summed E-state index contributed by atoms with van der Waals surface area (Å²) in [7, 11) is 0. The Labute approximate surface area is 195 Å². The fourth-order valence-electron chi connectivity index (χ4n) is 3.18. The Hall–Kier alpha value is -3.20. The van der Waals surface area contributed by atoms with E-state index >= 15 is 0 Å². The highest BCUT2D eigenvalue weighted by Gasteiger charge is 2.22. The van der Waals surface area contributed by atoms with Crippen molar-refractivity contribution >= 4 is 62.3 Å². The lowest BCUT2D eigenvalue weighted by atomic mass is 10.1. The quantitative estimate of drug-likeness (QED) is 0.408. The first kappa shape index (κ1) is 22.0. The summed E-state index contributed by atoms with van der Waals surface area (Å²) in [6.45, 7) is 1.52. The number of nitrogens with one attached hydrogen (secondary N) is 1. The van der Waals surface area contributed by atoms with Crippen molar-refractivity contribution in [3.05, 3.63) is 79.4 Å². The van der Waals surface area contributed by atoms with E-state index in [1.54, 1.807) is 24.3 Å². The maximum atomic E-state index is 13.3. The number of aromatic carboxylic acids is 1. The molecule has 162 valence electrons. The van der Waals surface area contributed by atoms with E-state index in [-0.39, 0.29) is 26.6 Å². The third-order valence-electron chi connectivity index (χ3n) is 4.74. The van der Waals surface area contributed by atoms with E-state index < -0.39 is 24.0 Å². The molecule has 2 aromatic carbocycles. The van der Waals surface area contributed by atoms with Crippen LogP contribution in [0.1, 0.15) is 15.9 Å². The molecule has 2 N–H and O–H groups in total. The zero-order valence-electron chi connectivity index (χ0n) is 16.6. The predicted molar refractivity (Wildman–Crippen MR) is 126 cm³/mol. The van der Waals surface area contributed by atoms with Gasteiger partial charge < -0.3 is 10.4 Å². The van der Waals surface area contributed by atoms with E-state index in [2.05, 4.69) is 10.3 Å². The molecule has 4 aromatic rings. The molecule has 0 saturated carbocycles. The van der Waals surface area contributed by atoms with Gasteiger partial charge in [-0.3, -0.25) is 14.2 Å². The molecule has 0 aliphatic carbocycles. The predicted octanol–water partition coefficient (Wildman–Crippen LogP) is 5.08. The summed E-state index contributed by atoms with van der Waals surface area (Å²) in [6, 6.07) is 11.9. The van der Waals surface area contributed by atoms with Gasteiger partial charge in [-0.05, 0) is 25.1 Å². The van der Waals surface area contributed by atoms with Crippen LogP contribution >= 0.6 is 34.5 Å². The first-order valence-corrected chi connectivity index (χ1v) is 11.0. The summed E-state index contributed by atoms with van der Waals surface area (Å²) >= 11 is 13.2. The van der Waals surface area contributed by atoms with Gasteiger partial charge in [-0.1, -0.05) is 53.0 Å². The molecule has 2 aromatic heterocycles. The molecular formula is C22H15Cl2N3O4S. The lowest BCUT2D eigenvalue weighted by molar-refractivity contribution is -0.116. The van der Waals surface area contributed by atoms with Gasteiger partial charge >= 0.3 is 5.97 Å². The second-order valence-electron chi connectivity index (χ2n) is 7.00. The Bertz CT molecular complexity index is 1430. The second kappa shape index (κ2) is 8.74. The minimum Gasteiger partial charge on any atom is -0.478 e. The Morgan fingerprint density at radius 3 is 2.56 bits per heavy atom. The fraction of sp³-hybridized carbons (Fsp3) is 0.0909. The van der Waals surface area contributed by atoms with Crippen molar-refractivity contribution in [1.82, 2.24) is 9.55 Å². The molecular weight excluding hydrogens is 473 g/mol. The topological polar surface area (TPSA) is 101 Å². The monoisotopic (exact) mass is 487 g/mol. The first-order chi connectivity index (χ1) is 15.2. The normalized spacial score (nSPS) is 11.0. The third-order valence-corrected chi connectivity index (χ3v) is 6.18. The third kappa shape index (κ3) is 4.25. The molecule has 0 atom stereocenters. The largest absolute Gasteiger partial charge is 0.478 e. The average Bonchev–Trinajstić information content (AvgIpc) is 3.18. The van der Waals surface area contributed by atoms with E-state index in [0.29, 0.717) is 16.3 Å². The van der Waals surface area contributed by atoms with Gasteiger partial charge in [0.25, 0.3) is 5.56 Å². The van der Waals surface area contributed by atoms with Crippen molar-refractivity contribution in [2.75, 3.05) is 5.32 Å². The molecule has 32 heavy (non-hydrogen) atoms. The maximum Gasteiger partial charge on any atom is 0.337 e. The van der Waals surface area contributed by atoms with Crippen LogP contribution in [-0.4, -0.2) is 26.5 Å². The number of thiophene rings is 1. The summed E-state index contributed by atoms with van der Waals surface area (Å²) in [4.78, 5) is 42.5. The molecule has 10 heteroatoms. The second-order valence-corrected chi connectivity index (χ2v) is 8.70. The number of carbonyl (C=O) groups is 2. The van der Waals surface area contributed by atoms with E-state index in [1.165, 1.54) is 16.0 Å². The van der Waals surface area contributed by atoms with Gasteiger partial charge in [0.05, 0.1) is 21.7 Å². The number of rotatable bonds is 5. The molecule has 0 fully saturated rings. The molecule has 0 spiro atoms. The van der Waals surface area contributed by atoms with Crippen molar-refractivity contribution in [3.63, 3.8) is 0 Å². The minimum absolute atomic E-state index is 0.0352. The van der Waals surface area contributed by atoms with E-state index in [1.807, 2.05) is 19.1 Å². The van der Waals surface area contributed by atoms with Crippen LogP contribution in [0.15, 0.2) is 52.6 Å². The van der Waals surface area contributed by atoms with Crippen LogP contribution < -0.4 is 10.9 Å². The van der Waals surface area contributed by atoms with E-state index in [4.69, 9.17) is 23.2 Å². The summed E-state index contributed by atoms with van der Waals surface area (Å²) in [5.41, 5.74) is 1.17. The highest BCUT2D eigenvalue weighted by molar-refractivity contribution is 7.17. The van der Waals surface area contributed by atoms with Crippen LogP contribution in [0.2, 0.25) is 10.0 Å². The van der Waals surface area contributed by atoms with Crippen molar-refractivity contribution in [2.24, 2.45) is 0 Å². The maximum absolute atomic E-state index is 13.3. The molecule has 1 amide bonds. The van der Waals surface area contributed by atoms with Crippen LogP contribution in [0.3, 0.4) is 0 Å². The van der Waals surface area contributed by atoms with Crippen LogP contribution in [0.25, 0.3) is 21.6 Å². The van der Waals surface area contributed by atoms with Gasteiger partial charge in [0, 0.05) is 16.0 Å². The summed E-state index contributed by atoms with van der Waals surface area (Å²) in [6.07, 6.45) is 0. The number of nitrogens with zero attached hydrogens (tertiary/aromatic N) is 2. The summed E-state index contributed by atoms with van der Waals surface area (Å²) in [5.74, 6) is -1.52. The van der Waals surface area contributed by atoms with Gasteiger partial charge in [0.1, 0.15) is 17.2 Å². The van der Waals surface area contributed by atoms with Gasteiger partial charge in [-0.25, -0.2) is 9.78 Å². The van der Waals surface area contributed by atoms with Gasteiger partial charge in [-0.15, -0.1) is 11.3 Å². The smallest absolute Gasteiger partial charge is 0.337 e. The van der Waals surface area contributed by atoms with Crippen LogP contribution in [0.4, 0.5) is 5.69 Å². The molecule has 0 aliphatic heterocycles. The number of hydrogen-bond donors (Lipinski definition) is 2. The summed E-state index contributed by atoms with van der Waals surface area (Å²) < 4.78 is 1.17. The van der Waals surface area contributed by atoms with Crippen molar-refractivity contribution in [2.45, 2.75) is 13.5 Å². The van der Waals surface area contributed by atoms with Gasteiger partial charge in [0.15, 0.2) is 0 Å². The van der Waals surface area contributed by atoms with E-state index in [9.17, 15) is 19.5 Å². The Balaban J connectivity index is 1.83. The lowest BCUT2D eigenvalue weighted by Gasteiger charge is -2.14. The molecule has 0 saturated heterocycles. The number of aromatic nitrogens is 2. The summed E-state index contributed by atoms with van der Waals surface area (Å²) in [5, 5.41) is 14.1. The number of hydrogen-bond acceptors (Lipinski definition) is 5. The number of anilines is 1. The highest BCUT2D eigenvalue weighted by Crippen LogP contribution is 2.27. The number of benzene rings is 2. The fourth-order valence-corrected chi connectivity index (χ4v) is 4.42. The Morgan fingerprint density at radius 2 is 1.88 bits per heavy atom. The van der Waals surface area contributed by atoms with Crippen LogP contribution in [0.5, 0.6) is 0 Å². The molecule has 0 bridgehead atoms. The van der Waals surface area contributed by atoms with Crippen molar-refractivity contribution in [1.29, 1.82) is 0 Å². The average molecular weight is 488 g/mol. The molecule has 0 aliphatic rings. The first-order valence-electron chi connectivity index (χ1n) is 9.32. The van der Waals surface area contributed by atoms with Crippen LogP contribution in [0, 0.1) is 6.92 Å². The molecule has 4 rings (SSSR count). The van der Waals surface area contributed by atoms with E-state index in [0.717, 1.165) is 16.9 Å². The molecule has 0 radical (unpaired) electrons. The number of halogens is 2.